The van der Waals surface area contributed by atoms with E-state index >= 15 is 0 Å². The number of nitrogens with one attached hydrogen (secondary N) is 1. The summed E-state index contributed by atoms with van der Waals surface area (Å²) < 4.78 is 6.74. The van der Waals surface area contributed by atoms with E-state index in [1.165, 1.54) is 0 Å². The van der Waals surface area contributed by atoms with Crippen molar-refractivity contribution >= 4 is 5.91 Å². The standard InChI is InChI=1S/C13H19N3O3/c14-12(17)9-19-11-4-2-6-16(13(11)18)8-10-3-1-5-15-7-10/h2,4,6,10,15H,1,3,5,7-9H2,(H2,14,17). The van der Waals surface area contributed by atoms with Crippen LogP contribution in [0.25, 0.3) is 0 Å². The molecule has 0 bridgehead atoms. The molecule has 1 aliphatic rings. The van der Waals surface area contributed by atoms with Crippen LogP contribution >= 0.6 is 0 Å². The first kappa shape index (κ1) is 13.6. The number of pyridine rings is 1. The van der Waals surface area contributed by atoms with Crippen LogP contribution < -0.4 is 21.3 Å². The molecular weight excluding hydrogens is 246 g/mol. The van der Waals surface area contributed by atoms with Crippen LogP contribution in [0.4, 0.5) is 0 Å². The number of amides is 1. The average molecular weight is 265 g/mol. The van der Waals surface area contributed by atoms with E-state index in [-0.39, 0.29) is 17.9 Å². The van der Waals surface area contributed by atoms with E-state index in [2.05, 4.69) is 5.32 Å². The van der Waals surface area contributed by atoms with Crippen LogP contribution in [0.1, 0.15) is 12.8 Å². The lowest BCUT2D eigenvalue weighted by atomic mass is 10.00. The fraction of sp³-hybridized carbons (Fsp3) is 0.538. The van der Waals surface area contributed by atoms with E-state index in [1.54, 1.807) is 22.9 Å². The van der Waals surface area contributed by atoms with Gasteiger partial charge in [-0.25, -0.2) is 0 Å². The van der Waals surface area contributed by atoms with Gasteiger partial charge in [-0.1, -0.05) is 0 Å². The third-order valence-corrected chi connectivity index (χ3v) is 3.21. The highest BCUT2D eigenvalue weighted by atomic mass is 16.5. The van der Waals surface area contributed by atoms with Gasteiger partial charge in [0, 0.05) is 12.7 Å². The number of nitrogens with zero attached hydrogens (tertiary/aromatic N) is 1. The maximum absolute atomic E-state index is 12.1. The normalized spacial score (nSPS) is 19.1. The SMILES string of the molecule is NC(=O)COc1cccn(CC2CCCNC2)c1=O. The predicted octanol–water partition coefficient (Wildman–Crippen LogP) is -0.288. The summed E-state index contributed by atoms with van der Waals surface area (Å²) in [5, 5.41) is 3.32. The second-order valence-electron chi connectivity index (χ2n) is 4.80. The zero-order chi connectivity index (χ0) is 13.7. The Labute approximate surface area is 111 Å². The number of piperidine rings is 1. The van der Waals surface area contributed by atoms with Crippen LogP contribution in [-0.4, -0.2) is 30.2 Å². The Bertz CT molecular complexity index is 492. The Morgan fingerprint density at radius 3 is 3.11 bits per heavy atom. The summed E-state index contributed by atoms with van der Waals surface area (Å²) in [6.45, 7) is 2.37. The van der Waals surface area contributed by atoms with Gasteiger partial charge in [0.1, 0.15) is 0 Å². The molecule has 0 spiro atoms. The number of carbonyl (C=O) groups is 1. The van der Waals surface area contributed by atoms with Crippen molar-refractivity contribution in [3.63, 3.8) is 0 Å². The number of ether oxygens (including phenoxy) is 1. The van der Waals surface area contributed by atoms with Crippen molar-refractivity contribution in [1.82, 2.24) is 9.88 Å². The molecular formula is C13H19N3O3. The van der Waals surface area contributed by atoms with Crippen LogP contribution in [0.2, 0.25) is 0 Å². The Morgan fingerprint density at radius 2 is 2.42 bits per heavy atom. The van der Waals surface area contributed by atoms with Crippen molar-refractivity contribution in [2.75, 3.05) is 19.7 Å². The van der Waals surface area contributed by atoms with Crippen molar-refractivity contribution in [2.24, 2.45) is 11.7 Å². The second kappa shape index (κ2) is 6.38. The minimum atomic E-state index is -0.591. The first-order chi connectivity index (χ1) is 9.16. The zero-order valence-electron chi connectivity index (χ0n) is 10.8. The van der Waals surface area contributed by atoms with E-state index in [0.29, 0.717) is 12.5 Å². The molecule has 0 saturated carbocycles. The fourth-order valence-corrected chi connectivity index (χ4v) is 2.28. The molecule has 104 valence electrons. The number of rotatable bonds is 5. The van der Waals surface area contributed by atoms with Crippen LogP contribution in [0, 0.1) is 5.92 Å². The Balaban J connectivity index is 2.06. The molecule has 1 amide bonds. The summed E-state index contributed by atoms with van der Waals surface area (Å²) in [7, 11) is 0. The molecule has 0 radical (unpaired) electrons. The minimum absolute atomic E-state index is 0.171. The number of nitrogens with two attached hydrogens (primary N) is 1. The van der Waals surface area contributed by atoms with Gasteiger partial charge in [0.2, 0.25) is 0 Å². The summed E-state index contributed by atoms with van der Waals surface area (Å²) in [4.78, 5) is 22.8. The van der Waals surface area contributed by atoms with Gasteiger partial charge in [-0.05, 0) is 44.0 Å². The smallest absolute Gasteiger partial charge is 0.292 e. The summed E-state index contributed by atoms with van der Waals surface area (Å²) in [5.41, 5.74) is 4.78. The molecule has 1 aromatic heterocycles. The first-order valence-electron chi connectivity index (χ1n) is 6.48. The molecule has 3 N–H and O–H groups in total. The minimum Gasteiger partial charge on any atom is -0.478 e. The van der Waals surface area contributed by atoms with Gasteiger partial charge in [-0.2, -0.15) is 0 Å². The Kier molecular flexibility index (Phi) is 4.57. The molecule has 6 nitrogen and oxygen atoms in total. The summed E-state index contributed by atoms with van der Waals surface area (Å²) >= 11 is 0. The predicted molar refractivity (Wildman–Crippen MR) is 71.0 cm³/mol. The largest absolute Gasteiger partial charge is 0.478 e. The van der Waals surface area contributed by atoms with Crippen molar-refractivity contribution in [3.8, 4) is 5.75 Å². The van der Waals surface area contributed by atoms with Gasteiger partial charge in [-0.3, -0.25) is 9.59 Å². The maximum atomic E-state index is 12.1. The van der Waals surface area contributed by atoms with Crippen molar-refractivity contribution in [3.05, 3.63) is 28.7 Å². The quantitative estimate of drug-likeness (QED) is 0.766. The average Bonchev–Trinajstić information content (AvgIpc) is 2.41. The maximum Gasteiger partial charge on any atom is 0.292 e. The highest BCUT2D eigenvalue weighted by Gasteiger charge is 2.15. The lowest BCUT2D eigenvalue weighted by molar-refractivity contribution is -0.119. The summed E-state index contributed by atoms with van der Waals surface area (Å²) in [6, 6.07) is 3.30. The molecule has 1 fully saturated rings. The highest BCUT2D eigenvalue weighted by Crippen LogP contribution is 2.12. The zero-order valence-corrected chi connectivity index (χ0v) is 10.8. The van der Waals surface area contributed by atoms with Gasteiger partial charge in [0.15, 0.2) is 12.4 Å². The van der Waals surface area contributed by atoms with E-state index < -0.39 is 5.91 Å². The third-order valence-electron chi connectivity index (χ3n) is 3.21. The molecule has 1 aromatic rings. The summed E-state index contributed by atoms with van der Waals surface area (Å²) in [5.74, 6) is 0.0363. The van der Waals surface area contributed by atoms with E-state index in [1.807, 2.05) is 0 Å². The van der Waals surface area contributed by atoms with Crippen LogP contribution in [0.3, 0.4) is 0 Å². The molecule has 19 heavy (non-hydrogen) atoms. The van der Waals surface area contributed by atoms with Crippen molar-refractivity contribution in [2.45, 2.75) is 19.4 Å². The second-order valence-corrected chi connectivity index (χ2v) is 4.80. The molecule has 1 aliphatic heterocycles. The van der Waals surface area contributed by atoms with E-state index in [0.717, 1.165) is 25.9 Å². The molecule has 2 heterocycles. The van der Waals surface area contributed by atoms with Gasteiger partial charge in [-0.15, -0.1) is 0 Å². The molecule has 1 unspecified atom stereocenters. The van der Waals surface area contributed by atoms with Crippen molar-refractivity contribution < 1.29 is 9.53 Å². The highest BCUT2D eigenvalue weighted by molar-refractivity contribution is 5.75. The van der Waals surface area contributed by atoms with Gasteiger partial charge in [0.25, 0.3) is 11.5 Å². The van der Waals surface area contributed by atoms with Crippen LogP contribution in [-0.2, 0) is 11.3 Å². The summed E-state index contributed by atoms with van der Waals surface area (Å²) in [6.07, 6.45) is 4.00. The molecule has 1 saturated heterocycles. The topological polar surface area (TPSA) is 86.3 Å². The van der Waals surface area contributed by atoms with Gasteiger partial charge < -0.3 is 20.4 Å². The molecule has 6 heteroatoms. The Hall–Kier alpha value is -1.82. The molecule has 0 aromatic carbocycles. The molecule has 2 rings (SSSR count). The van der Waals surface area contributed by atoms with E-state index in [9.17, 15) is 9.59 Å². The number of primary amides is 1. The molecule has 0 aliphatic carbocycles. The number of hydrogen-bond donors (Lipinski definition) is 2. The number of carbonyl (C=O) groups excluding carboxylic acids is 1. The Morgan fingerprint density at radius 1 is 1.58 bits per heavy atom. The lowest BCUT2D eigenvalue weighted by Gasteiger charge is -2.23. The lowest BCUT2D eigenvalue weighted by Crippen LogP contribution is -2.35. The van der Waals surface area contributed by atoms with Crippen molar-refractivity contribution in [1.29, 1.82) is 0 Å². The first-order valence-corrected chi connectivity index (χ1v) is 6.48. The number of hydrogen-bond acceptors (Lipinski definition) is 4. The van der Waals surface area contributed by atoms with Crippen LogP contribution in [0.15, 0.2) is 23.1 Å². The number of aromatic nitrogens is 1. The van der Waals surface area contributed by atoms with Crippen LogP contribution in [0.5, 0.6) is 5.75 Å². The van der Waals surface area contributed by atoms with Gasteiger partial charge in [0.05, 0.1) is 0 Å². The molecule has 1 atom stereocenters. The monoisotopic (exact) mass is 265 g/mol. The third kappa shape index (κ3) is 3.82. The van der Waals surface area contributed by atoms with Gasteiger partial charge >= 0.3 is 0 Å². The fourth-order valence-electron chi connectivity index (χ4n) is 2.28. The van der Waals surface area contributed by atoms with E-state index in [4.69, 9.17) is 10.5 Å².